The van der Waals surface area contributed by atoms with Crippen LogP contribution < -0.4 is 14.2 Å². The highest BCUT2D eigenvalue weighted by Gasteiger charge is 2.15. The van der Waals surface area contributed by atoms with E-state index in [9.17, 15) is 8.42 Å². The fraction of sp³-hybridized carbons (Fsp3) is 0.375. The van der Waals surface area contributed by atoms with Gasteiger partial charge in [0.25, 0.3) is 0 Å². The van der Waals surface area contributed by atoms with E-state index in [4.69, 9.17) is 21.1 Å². The van der Waals surface area contributed by atoms with E-state index in [0.29, 0.717) is 24.1 Å². The molecule has 0 amide bonds. The first-order chi connectivity index (χ1) is 11.5. The Hall–Kier alpha value is -1.28. The van der Waals surface area contributed by atoms with Crippen molar-refractivity contribution in [1.82, 2.24) is 4.72 Å². The number of benzene rings is 1. The zero-order valence-corrected chi connectivity index (χ0v) is 15.3. The largest absolute Gasteiger partial charge is 0.486 e. The number of aryl methyl sites for hydroxylation is 1. The minimum atomic E-state index is -3.45. The van der Waals surface area contributed by atoms with Crippen LogP contribution in [0.3, 0.4) is 0 Å². The second-order valence-corrected chi connectivity index (χ2v) is 9.10. The first-order valence-corrected chi connectivity index (χ1v) is 10.4. The van der Waals surface area contributed by atoms with Gasteiger partial charge in [0.15, 0.2) is 11.5 Å². The zero-order chi connectivity index (χ0) is 17.0. The quantitative estimate of drug-likeness (QED) is 0.739. The second kappa shape index (κ2) is 7.74. The minimum absolute atomic E-state index is 0.249. The third-order valence-corrected chi connectivity index (χ3v) is 6.79. The lowest BCUT2D eigenvalue weighted by atomic mass is 10.1. The summed E-state index contributed by atoms with van der Waals surface area (Å²) in [5, 5.41) is 0. The van der Waals surface area contributed by atoms with E-state index >= 15 is 0 Å². The van der Waals surface area contributed by atoms with Crippen molar-refractivity contribution in [2.75, 3.05) is 19.8 Å². The minimum Gasteiger partial charge on any atom is -0.486 e. The SMILES string of the molecule is O=S(=O)(NCCCCc1ccc2c(c1)OCCO2)c1ccc(Cl)s1. The van der Waals surface area contributed by atoms with Crippen molar-refractivity contribution in [3.63, 3.8) is 0 Å². The Labute approximate surface area is 150 Å². The zero-order valence-electron chi connectivity index (χ0n) is 13.0. The number of thiophene rings is 1. The summed E-state index contributed by atoms with van der Waals surface area (Å²) in [6.45, 7) is 1.56. The molecule has 0 atom stereocenters. The Balaban J connectivity index is 1.44. The molecule has 2 heterocycles. The van der Waals surface area contributed by atoms with Crippen LogP contribution in [-0.4, -0.2) is 28.2 Å². The number of hydrogen-bond acceptors (Lipinski definition) is 5. The van der Waals surface area contributed by atoms with Gasteiger partial charge in [0.2, 0.25) is 10.0 Å². The van der Waals surface area contributed by atoms with E-state index in [1.54, 1.807) is 6.07 Å². The normalized spacial score (nSPS) is 13.9. The lowest BCUT2D eigenvalue weighted by Gasteiger charge is -2.18. The molecule has 2 aromatic rings. The Bertz CT molecular complexity index is 804. The molecule has 1 aromatic carbocycles. The Morgan fingerprint density at radius 1 is 1.08 bits per heavy atom. The number of hydrogen-bond donors (Lipinski definition) is 1. The fourth-order valence-electron chi connectivity index (χ4n) is 2.42. The smallest absolute Gasteiger partial charge is 0.250 e. The van der Waals surface area contributed by atoms with Gasteiger partial charge in [0, 0.05) is 6.54 Å². The Morgan fingerprint density at radius 2 is 1.88 bits per heavy atom. The lowest BCUT2D eigenvalue weighted by Crippen LogP contribution is -2.24. The number of halogens is 1. The molecule has 0 unspecified atom stereocenters. The van der Waals surface area contributed by atoms with Crippen LogP contribution >= 0.6 is 22.9 Å². The molecule has 5 nitrogen and oxygen atoms in total. The van der Waals surface area contributed by atoms with Crippen LogP contribution in [0.4, 0.5) is 0 Å². The van der Waals surface area contributed by atoms with Crippen molar-refractivity contribution in [2.45, 2.75) is 23.5 Å². The Morgan fingerprint density at radius 3 is 2.62 bits per heavy atom. The van der Waals surface area contributed by atoms with Gasteiger partial charge in [0.05, 0.1) is 4.34 Å². The summed E-state index contributed by atoms with van der Waals surface area (Å²) < 4.78 is 38.5. The predicted molar refractivity (Wildman–Crippen MR) is 94.9 cm³/mol. The topological polar surface area (TPSA) is 64.6 Å². The van der Waals surface area contributed by atoms with E-state index < -0.39 is 10.0 Å². The molecule has 0 aliphatic carbocycles. The molecule has 1 aliphatic rings. The average Bonchev–Trinajstić information content (AvgIpc) is 3.02. The van der Waals surface area contributed by atoms with Gasteiger partial charge in [-0.15, -0.1) is 11.3 Å². The van der Waals surface area contributed by atoms with Crippen molar-refractivity contribution >= 4 is 33.0 Å². The molecular formula is C16H18ClNO4S2. The molecule has 3 rings (SSSR count). The summed E-state index contributed by atoms with van der Waals surface area (Å²) >= 11 is 6.83. The van der Waals surface area contributed by atoms with E-state index in [0.717, 1.165) is 47.7 Å². The summed E-state index contributed by atoms with van der Waals surface area (Å²) in [6, 6.07) is 9.04. The maximum Gasteiger partial charge on any atom is 0.250 e. The lowest BCUT2D eigenvalue weighted by molar-refractivity contribution is 0.171. The molecule has 1 aliphatic heterocycles. The first-order valence-electron chi connectivity index (χ1n) is 7.68. The van der Waals surface area contributed by atoms with Gasteiger partial charge in [-0.05, 0) is 49.1 Å². The molecule has 130 valence electrons. The standard InChI is InChI=1S/C16H18ClNO4S2/c17-15-6-7-16(23-15)24(19,20)18-8-2-1-3-12-4-5-13-14(11-12)22-10-9-21-13/h4-7,11,18H,1-3,8-10H2. The highest BCUT2D eigenvalue weighted by atomic mass is 35.5. The highest BCUT2D eigenvalue weighted by Crippen LogP contribution is 2.31. The first kappa shape index (κ1) is 17.5. The monoisotopic (exact) mass is 387 g/mol. The molecule has 8 heteroatoms. The van der Waals surface area contributed by atoms with Crippen molar-refractivity contribution in [3.8, 4) is 11.5 Å². The summed E-state index contributed by atoms with van der Waals surface area (Å²) in [5.41, 5.74) is 1.16. The third kappa shape index (κ3) is 4.42. The van der Waals surface area contributed by atoms with Gasteiger partial charge in [-0.25, -0.2) is 13.1 Å². The fourth-order valence-corrected chi connectivity index (χ4v) is 5.02. The predicted octanol–water partition coefficient (Wildman–Crippen LogP) is 3.47. The third-order valence-electron chi connectivity index (χ3n) is 3.60. The summed E-state index contributed by atoms with van der Waals surface area (Å²) in [6.07, 6.45) is 2.50. The van der Waals surface area contributed by atoms with Crippen LogP contribution in [-0.2, 0) is 16.4 Å². The Kier molecular flexibility index (Phi) is 5.65. The van der Waals surface area contributed by atoms with Gasteiger partial charge in [-0.2, -0.15) is 0 Å². The van der Waals surface area contributed by atoms with Gasteiger partial charge >= 0.3 is 0 Å². The number of unbranched alkanes of at least 4 members (excludes halogenated alkanes) is 1. The van der Waals surface area contributed by atoms with Gasteiger partial charge in [-0.3, -0.25) is 0 Å². The summed E-state index contributed by atoms with van der Waals surface area (Å²) in [5.74, 6) is 1.57. The molecule has 0 spiro atoms. The molecule has 0 radical (unpaired) electrons. The second-order valence-electron chi connectivity index (χ2n) is 5.39. The number of rotatable bonds is 7. The number of fused-ring (bicyclic) bond motifs is 1. The molecule has 1 N–H and O–H groups in total. The van der Waals surface area contributed by atoms with Crippen molar-refractivity contribution < 1.29 is 17.9 Å². The van der Waals surface area contributed by atoms with Crippen LogP contribution in [0, 0.1) is 0 Å². The molecule has 24 heavy (non-hydrogen) atoms. The van der Waals surface area contributed by atoms with E-state index in [2.05, 4.69) is 4.72 Å². The molecule has 0 fully saturated rings. The molecular weight excluding hydrogens is 370 g/mol. The van der Waals surface area contributed by atoms with Crippen LogP contribution in [0.25, 0.3) is 0 Å². The molecule has 1 aromatic heterocycles. The number of sulfonamides is 1. The maximum absolute atomic E-state index is 12.0. The molecule has 0 saturated carbocycles. The number of ether oxygens (including phenoxy) is 2. The highest BCUT2D eigenvalue weighted by molar-refractivity contribution is 7.91. The number of nitrogens with one attached hydrogen (secondary N) is 1. The summed E-state index contributed by atoms with van der Waals surface area (Å²) in [7, 11) is -3.45. The van der Waals surface area contributed by atoms with Crippen LogP contribution in [0.1, 0.15) is 18.4 Å². The van der Waals surface area contributed by atoms with Crippen LogP contribution in [0.15, 0.2) is 34.5 Å². The van der Waals surface area contributed by atoms with Crippen molar-refractivity contribution in [2.24, 2.45) is 0 Å². The maximum atomic E-state index is 12.0. The van der Waals surface area contributed by atoms with E-state index in [-0.39, 0.29) is 4.21 Å². The van der Waals surface area contributed by atoms with Gasteiger partial charge < -0.3 is 9.47 Å². The summed E-state index contributed by atoms with van der Waals surface area (Å²) in [4.78, 5) is 0. The van der Waals surface area contributed by atoms with Crippen LogP contribution in [0.5, 0.6) is 11.5 Å². The molecule has 0 saturated heterocycles. The molecule has 0 bridgehead atoms. The van der Waals surface area contributed by atoms with Gasteiger partial charge in [-0.1, -0.05) is 17.7 Å². The average molecular weight is 388 g/mol. The van der Waals surface area contributed by atoms with E-state index in [1.165, 1.54) is 6.07 Å². The van der Waals surface area contributed by atoms with Crippen molar-refractivity contribution in [1.29, 1.82) is 0 Å². The van der Waals surface area contributed by atoms with E-state index in [1.807, 2.05) is 18.2 Å². The van der Waals surface area contributed by atoms with Crippen LogP contribution in [0.2, 0.25) is 4.34 Å². The van der Waals surface area contributed by atoms with Crippen molar-refractivity contribution in [3.05, 3.63) is 40.2 Å². The van der Waals surface area contributed by atoms with Gasteiger partial charge in [0.1, 0.15) is 17.4 Å².